The monoisotopic (exact) mass is 402 g/mol. The van der Waals surface area contributed by atoms with Gasteiger partial charge in [0.2, 0.25) is 0 Å². The van der Waals surface area contributed by atoms with Gasteiger partial charge in [-0.1, -0.05) is 45.8 Å². The first-order chi connectivity index (χ1) is 12.0. The van der Waals surface area contributed by atoms with E-state index in [0.717, 1.165) is 28.8 Å². The van der Waals surface area contributed by atoms with E-state index in [1.165, 1.54) is 0 Å². The van der Waals surface area contributed by atoms with Crippen LogP contribution in [0.3, 0.4) is 0 Å². The van der Waals surface area contributed by atoms with Crippen molar-refractivity contribution in [2.45, 2.75) is 6.92 Å². The van der Waals surface area contributed by atoms with Crippen LogP contribution in [0, 0.1) is 6.92 Å². The Balaban J connectivity index is 1.81. The van der Waals surface area contributed by atoms with E-state index in [-0.39, 0.29) is 0 Å². The topological polar surface area (TPSA) is 58.6 Å². The van der Waals surface area contributed by atoms with Crippen LogP contribution in [0.25, 0.3) is 0 Å². The zero-order chi connectivity index (χ0) is 17.8. The van der Waals surface area contributed by atoms with Gasteiger partial charge in [0.15, 0.2) is 0 Å². The molecule has 1 amide bonds. The molecule has 25 heavy (non-hydrogen) atoms. The number of carbonyl (C=O) groups is 2. The molecule has 6 heteroatoms. The van der Waals surface area contributed by atoms with E-state index in [0.29, 0.717) is 24.5 Å². The summed E-state index contributed by atoms with van der Waals surface area (Å²) in [7, 11) is 0. The number of morpholine rings is 1. The Kier molecular flexibility index (Phi) is 5.50. The number of carbonyl (C=O) groups excluding carboxylic acids is 2. The molecule has 0 aromatic heterocycles. The third-order valence-electron chi connectivity index (χ3n) is 4.08. The molecule has 5 nitrogen and oxygen atoms in total. The Morgan fingerprint density at radius 1 is 1.08 bits per heavy atom. The summed E-state index contributed by atoms with van der Waals surface area (Å²) in [5, 5.41) is 2.76. The number of nitrogens with zero attached hydrogens (tertiary/aromatic N) is 1. The SMILES string of the molecule is Cc1ccc(C(=O)C(=O)Nc2cc(Br)ccc2N2CCOCC2)cc1. The number of ether oxygens (including phenoxy) is 1. The maximum absolute atomic E-state index is 12.4. The van der Waals surface area contributed by atoms with Gasteiger partial charge in [0, 0.05) is 23.1 Å². The van der Waals surface area contributed by atoms with Crippen LogP contribution in [-0.4, -0.2) is 38.0 Å². The lowest BCUT2D eigenvalue weighted by Crippen LogP contribution is -2.37. The maximum atomic E-state index is 12.4. The van der Waals surface area contributed by atoms with Crippen molar-refractivity contribution in [1.82, 2.24) is 0 Å². The second kappa shape index (κ2) is 7.80. The van der Waals surface area contributed by atoms with Crippen LogP contribution in [0.4, 0.5) is 11.4 Å². The fourth-order valence-electron chi connectivity index (χ4n) is 2.70. The number of anilines is 2. The predicted molar refractivity (Wildman–Crippen MR) is 101 cm³/mol. The van der Waals surface area contributed by atoms with Gasteiger partial charge < -0.3 is 15.0 Å². The Labute approximate surface area is 155 Å². The Bertz CT molecular complexity index is 784. The predicted octanol–water partition coefficient (Wildman–Crippen LogP) is 3.42. The number of rotatable bonds is 4. The van der Waals surface area contributed by atoms with Crippen LogP contribution >= 0.6 is 15.9 Å². The average molecular weight is 403 g/mol. The molecule has 0 bridgehead atoms. The summed E-state index contributed by atoms with van der Waals surface area (Å²) in [6.45, 7) is 4.72. The normalized spacial score (nSPS) is 14.2. The first-order valence-electron chi connectivity index (χ1n) is 8.09. The molecule has 1 saturated heterocycles. The molecule has 0 unspecified atom stereocenters. The maximum Gasteiger partial charge on any atom is 0.296 e. The van der Waals surface area contributed by atoms with Crippen molar-refractivity contribution >= 4 is 39.0 Å². The fourth-order valence-corrected chi connectivity index (χ4v) is 3.06. The third kappa shape index (κ3) is 4.27. The number of hydrogen-bond acceptors (Lipinski definition) is 4. The number of ketones is 1. The van der Waals surface area contributed by atoms with Gasteiger partial charge in [-0.3, -0.25) is 9.59 Å². The molecule has 130 valence electrons. The van der Waals surface area contributed by atoms with Crippen molar-refractivity contribution in [3.05, 3.63) is 58.1 Å². The largest absolute Gasteiger partial charge is 0.378 e. The first-order valence-corrected chi connectivity index (χ1v) is 8.88. The molecule has 2 aromatic carbocycles. The molecule has 1 N–H and O–H groups in total. The Morgan fingerprint density at radius 3 is 2.44 bits per heavy atom. The summed E-state index contributed by atoms with van der Waals surface area (Å²) in [6.07, 6.45) is 0. The third-order valence-corrected chi connectivity index (χ3v) is 4.57. The van der Waals surface area contributed by atoms with Crippen molar-refractivity contribution in [1.29, 1.82) is 0 Å². The first kappa shape index (κ1) is 17.6. The van der Waals surface area contributed by atoms with Gasteiger partial charge in [-0.05, 0) is 25.1 Å². The molecule has 0 aliphatic carbocycles. The van der Waals surface area contributed by atoms with Crippen molar-refractivity contribution in [3.8, 4) is 0 Å². The molecular weight excluding hydrogens is 384 g/mol. The standard InChI is InChI=1S/C19H19BrN2O3/c1-13-2-4-14(5-3-13)18(23)19(24)21-16-12-15(20)6-7-17(16)22-8-10-25-11-9-22/h2-7,12H,8-11H2,1H3,(H,21,24). The van der Waals surface area contributed by atoms with Gasteiger partial charge in [0.25, 0.3) is 11.7 Å². The summed E-state index contributed by atoms with van der Waals surface area (Å²) in [6, 6.07) is 12.6. The van der Waals surface area contributed by atoms with E-state index in [2.05, 4.69) is 26.1 Å². The van der Waals surface area contributed by atoms with Gasteiger partial charge in [-0.25, -0.2) is 0 Å². The number of amides is 1. The lowest BCUT2D eigenvalue weighted by Gasteiger charge is -2.30. The highest BCUT2D eigenvalue weighted by Gasteiger charge is 2.20. The fraction of sp³-hybridized carbons (Fsp3) is 0.263. The summed E-state index contributed by atoms with van der Waals surface area (Å²) in [4.78, 5) is 26.9. The molecule has 0 radical (unpaired) electrons. The summed E-state index contributed by atoms with van der Waals surface area (Å²) < 4.78 is 6.21. The minimum absolute atomic E-state index is 0.381. The van der Waals surface area contributed by atoms with Gasteiger partial charge in [-0.15, -0.1) is 0 Å². The van der Waals surface area contributed by atoms with Gasteiger partial charge >= 0.3 is 0 Å². The number of aryl methyl sites for hydroxylation is 1. The van der Waals surface area contributed by atoms with Gasteiger partial charge in [-0.2, -0.15) is 0 Å². The highest BCUT2D eigenvalue weighted by Crippen LogP contribution is 2.30. The summed E-state index contributed by atoms with van der Waals surface area (Å²) in [5.41, 5.74) is 2.92. The second-order valence-corrected chi connectivity index (χ2v) is 6.83. The molecule has 0 saturated carbocycles. The van der Waals surface area contributed by atoms with E-state index in [1.807, 2.05) is 37.3 Å². The minimum atomic E-state index is -0.642. The van der Waals surface area contributed by atoms with E-state index in [9.17, 15) is 9.59 Å². The summed E-state index contributed by atoms with van der Waals surface area (Å²) in [5.74, 6) is -1.19. The Hall–Kier alpha value is -2.18. The van der Waals surface area contributed by atoms with Crippen molar-refractivity contribution in [2.24, 2.45) is 0 Å². The lowest BCUT2D eigenvalue weighted by molar-refractivity contribution is -0.112. The van der Waals surface area contributed by atoms with Crippen molar-refractivity contribution in [3.63, 3.8) is 0 Å². The van der Waals surface area contributed by atoms with E-state index < -0.39 is 11.7 Å². The van der Waals surface area contributed by atoms with Crippen molar-refractivity contribution in [2.75, 3.05) is 36.5 Å². The molecule has 3 rings (SSSR count). The number of hydrogen-bond donors (Lipinski definition) is 1. The quantitative estimate of drug-likeness (QED) is 0.628. The molecular formula is C19H19BrN2O3. The van der Waals surface area contributed by atoms with Crippen LogP contribution in [-0.2, 0) is 9.53 Å². The zero-order valence-electron chi connectivity index (χ0n) is 13.9. The van der Waals surface area contributed by atoms with Gasteiger partial charge in [0.05, 0.1) is 24.6 Å². The van der Waals surface area contributed by atoms with Crippen LogP contribution < -0.4 is 10.2 Å². The Morgan fingerprint density at radius 2 is 1.76 bits per heavy atom. The van der Waals surface area contributed by atoms with E-state index in [1.54, 1.807) is 12.1 Å². The average Bonchev–Trinajstić information content (AvgIpc) is 2.62. The number of nitrogens with one attached hydrogen (secondary N) is 1. The van der Waals surface area contributed by atoms with Crippen LogP contribution in [0.15, 0.2) is 46.9 Å². The zero-order valence-corrected chi connectivity index (χ0v) is 15.5. The number of Topliss-reactive ketones (excluding diaryl/α,β-unsaturated/α-hetero) is 1. The molecule has 1 aliphatic heterocycles. The molecule has 2 aromatic rings. The van der Waals surface area contributed by atoms with Crippen molar-refractivity contribution < 1.29 is 14.3 Å². The number of halogens is 1. The van der Waals surface area contributed by atoms with Crippen LogP contribution in [0.1, 0.15) is 15.9 Å². The molecule has 0 spiro atoms. The minimum Gasteiger partial charge on any atom is -0.378 e. The second-order valence-electron chi connectivity index (χ2n) is 5.91. The van der Waals surface area contributed by atoms with Crippen LogP contribution in [0.2, 0.25) is 0 Å². The van der Waals surface area contributed by atoms with E-state index in [4.69, 9.17) is 4.74 Å². The van der Waals surface area contributed by atoms with E-state index >= 15 is 0 Å². The summed E-state index contributed by atoms with van der Waals surface area (Å²) >= 11 is 3.42. The number of benzene rings is 2. The molecule has 1 fully saturated rings. The molecule has 0 atom stereocenters. The smallest absolute Gasteiger partial charge is 0.296 e. The molecule has 1 heterocycles. The highest BCUT2D eigenvalue weighted by molar-refractivity contribution is 9.10. The highest BCUT2D eigenvalue weighted by atomic mass is 79.9. The molecule has 1 aliphatic rings. The lowest BCUT2D eigenvalue weighted by atomic mass is 10.1. The van der Waals surface area contributed by atoms with Crippen LogP contribution in [0.5, 0.6) is 0 Å². The van der Waals surface area contributed by atoms with Gasteiger partial charge in [0.1, 0.15) is 0 Å².